The first-order valence-corrected chi connectivity index (χ1v) is 24.7. The zero-order chi connectivity index (χ0) is 43.0. The summed E-state index contributed by atoms with van der Waals surface area (Å²) in [5.74, 6) is -0.189. The van der Waals surface area contributed by atoms with E-state index in [2.05, 4.69) is 43.5 Å². The lowest BCUT2D eigenvalue weighted by molar-refractivity contribution is -0.302. The fraction of sp³-hybridized carbons (Fsp3) is 0.860. The second kappa shape index (κ2) is 40.5. The first-order chi connectivity index (χ1) is 28.8. The van der Waals surface area contributed by atoms with Gasteiger partial charge in [0.15, 0.2) is 6.29 Å². The first-order valence-electron chi connectivity index (χ1n) is 24.7. The Hall–Kier alpha value is -1.59. The molecule has 9 nitrogen and oxygen atoms in total. The van der Waals surface area contributed by atoms with Crippen molar-refractivity contribution in [3.63, 3.8) is 0 Å². The number of rotatable bonds is 41. The van der Waals surface area contributed by atoms with Crippen LogP contribution in [0.3, 0.4) is 0 Å². The van der Waals surface area contributed by atoms with Crippen LogP contribution in [0, 0.1) is 0 Å². The molecule has 1 aliphatic rings. The minimum absolute atomic E-state index is 0.189. The van der Waals surface area contributed by atoms with Gasteiger partial charge >= 0.3 is 0 Å². The molecule has 1 aliphatic heterocycles. The van der Waals surface area contributed by atoms with Crippen molar-refractivity contribution >= 4 is 5.91 Å². The molecule has 0 aromatic carbocycles. The standard InChI is InChI=1S/C50H93NO8/c1-3-5-7-9-11-13-15-17-18-19-20-21-22-23-24-25-26-28-30-32-34-36-38-40-46(54)51-43(42-58-50-49(57)48(56)47(55)45(41-52)59-50)44(53)39-37-35-33-31-29-27-16-14-12-10-8-6-4-2/h12,14,29,31,37,39,43-45,47-50,52-53,55-57H,3-11,13,15-28,30,32-36,38,40-42H2,1-2H3,(H,51,54)/b14-12+,31-29+,39-37+. The normalized spacial score (nSPS) is 21.0. The zero-order valence-corrected chi connectivity index (χ0v) is 38.0. The Morgan fingerprint density at radius 1 is 0.559 bits per heavy atom. The molecule has 7 unspecified atom stereocenters. The Balaban J connectivity index is 2.27. The summed E-state index contributed by atoms with van der Waals surface area (Å²) < 4.78 is 11.2. The second-order valence-electron chi connectivity index (χ2n) is 17.2. The highest BCUT2D eigenvalue weighted by Gasteiger charge is 2.44. The van der Waals surface area contributed by atoms with Gasteiger partial charge in [-0.2, -0.15) is 0 Å². The van der Waals surface area contributed by atoms with Crippen molar-refractivity contribution in [1.82, 2.24) is 5.32 Å². The van der Waals surface area contributed by atoms with Crippen LogP contribution in [0.1, 0.15) is 219 Å². The van der Waals surface area contributed by atoms with Gasteiger partial charge in [-0.1, -0.05) is 204 Å². The van der Waals surface area contributed by atoms with E-state index in [4.69, 9.17) is 9.47 Å². The Labute approximate surface area is 361 Å². The third kappa shape index (κ3) is 31.0. The van der Waals surface area contributed by atoms with Gasteiger partial charge in [-0.3, -0.25) is 4.79 Å². The molecule has 1 rings (SSSR count). The summed E-state index contributed by atoms with van der Waals surface area (Å²) in [5, 5.41) is 54.2. The summed E-state index contributed by atoms with van der Waals surface area (Å²) in [4.78, 5) is 13.0. The number of aliphatic hydroxyl groups excluding tert-OH is 5. The molecule has 346 valence electrons. The van der Waals surface area contributed by atoms with Crippen molar-refractivity contribution in [2.45, 2.75) is 262 Å². The summed E-state index contributed by atoms with van der Waals surface area (Å²) in [6.07, 6.45) is 43.4. The predicted octanol–water partition coefficient (Wildman–Crippen LogP) is 10.8. The quantitative estimate of drug-likeness (QED) is 0.0263. The van der Waals surface area contributed by atoms with E-state index in [0.717, 1.165) is 51.4 Å². The number of aliphatic hydroxyl groups is 5. The van der Waals surface area contributed by atoms with Crippen molar-refractivity contribution in [3.8, 4) is 0 Å². The highest BCUT2D eigenvalue weighted by Crippen LogP contribution is 2.23. The summed E-state index contributed by atoms with van der Waals surface area (Å²) in [6, 6.07) is -0.824. The van der Waals surface area contributed by atoms with Crippen LogP contribution < -0.4 is 5.32 Å². The number of hydrogen-bond donors (Lipinski definition) is 6. The van der Waals surface area contributed by atoms with E-state index < -0.39 is 49.5 Å². The van der Waals surface area contributed by atoms with Crippen molar-refractivity contribution in [2.75, 3.05) is 13.2 Å². The Kier molecular flexibility index (Phi) is 38.0. The summed E-state index contributed by atoms with van der Waals surface area (Å²) in [5.41, 5.74) is 0. The predicted molar refractivity (Wildman–Crippen MR) is 244 cm³/mol. The smallest absolute Gasteiger partial charge is 0.220 e. The van der Waals surface area contributed by atoms with E-state index in [9.17, 15) is 30.3 Å². The molecular formula is C50H93NO8. The van der Waals surface area contributed by atoms with Crippen LogP contribution in [-0.2, 0) is 14.3 Å². The van der Waals surface area contributed by atoms with Crippen LogP contribution in [0.25, 0.3) is 0 Å². The van der Waals surface area contributed by atoms with Gasteiger partial charge in [0.1, 0.15) is 24.4 Å². The van der Waals surface area contributed by atoms with Gasteiger partial charge < -0.3 is 40.3 Å². The molecule has 1 saturated heterocycles. The average molecular weight is 836 g/mol. The molecule has 1 fully saturated rings. The number of allylic oxidation sites excluding steroid dienone is 5. The van der Waals surface area contributed by atoms with E-state index >= 15 is 0 Å². The number of hydrogen-bond acceptors (Lipinski definition) is 8. The molecule has 1 amide bonds. The second-order valence-corrected chi connectivity index (χ2v) is 17.2. The molecule has 9 heteroatoms. The van der Waals surface area contributed by atoms with Gasteiger partial charge in [0, 0.05) is 6.42 Å². The maximum absolute atomic E-state index is 13.0. The summed E-state index contributed by atoms with van der Waals surface area (Å²) >= 11 is 0. The molecular weight excluding hydrogens is 743 g/mol. The van der Waals surface area contributed by atoms with Crippen molar-refractivity contribution in [1.29, 1.82) is 0 Å². The highest BCUT2D eigenvalue weighted by molar-refractivity contribution is 5.76. The van der Waals surface area contributed by atoms with Crippen LogP contribution in [0.4, 0.5) is 0 Å². The number of carbonyl (C=O) groups excluding carboxylic acids is 1. The van der Waals surface area contributed by atoms with Gasteiger partial charge in [-0.15, -0.1) is 0 Å². The highest BCUT2D eigenvalue weighted by atomic mass is 16.7. The fourth-order valence-electron chi connectivity index (χ4n) is 7.72. The molecule has 0 saturated carbocycles. The summed E-state index contributed by atoms with van der Waals surface area (Å²) in [7, 11) is 0. The molecule has 1 heterocycles. The van der Waals surface area contributed by atoms with E-state index in [1.807, 2.05) is 6.08 Å². The van der Waals surface area contributed by atoms with Crippen LogP contribution >= 0.6 is 0 Å². The topological polar surface area (TPSA) is 149 Å². The molecule has 6 N–H and O–H groups in total. The van der Waals surface area contributed by atoms with E-state index in [1.165, 1.54) is 148 Å². The lowest BCUT2D eigenvalue weighted by Gasteiger charge is -2.40. The molecule has 0 aromatic rings. The minimum atomic E-state index is -1.57. The van der Waals surface area contributed by atoms with Gasteiger partial charge in [-0.25, -0.2) is 0 Å². The zero-order valence-electron chi connectivity index (χ0n) is 38.0. The van der Waals surface area contributed by atoms with Gasteiger partial charge in [0.2, 0.25) is 5.91 Å². The number of nitrogens with one attached hydrogen (secondary N) is 1. The monoisotopic (exact) mass is 836 g/mol. The lowest BCUT2D eigenvalue weighted by atomic mass is 9.99. The maximum atomic E-state index is 13.0. The Morgan fingerprint density at radius 2 is 0.966 bits per heavy atom. The molecule has 0 radical (unpaired) electrons. The largest absolute Gasteiger partial charge is 0.394 e. The summed E-state index contributed by atoms with van der Waals surface area (Å²) in [6.45, 7) is 3.73. The van der Waals surface area contributed by atoms with Gasteiger partial charge in [-0.05, 0) is 44.9 Å². The van der Waals surface area contributed by atoms with Gasteiger partial charge in [0.25, 0.3) is 0 Å². The number of carbonyl (C=O) groups is 1. The molecule has 0 aliphatic carbocycles. The van der Waals surface area contributed by atoms with Crippen LogP contribution in [0.15, 0.2) is 36.5 Å². The third-order valence-electron chi connectivity index (χ3n) is 11.7. The molecule has 0 aromatic heterocycles. The van der Waals surface area contributed by atoms with Crippen molar-refractivity contribution < 1.29 is 39.8 Å². The average Bonchev–Trinajstić information content (AvgIpc) is 3.23. The molecule has 0 bridgehead atoms. The molecule has 59 heavy (non-hydrogen) atoms. The molecule has 7 atom stereocenters. The SMILES string of the molecule is CCCCC/C=C/CC/C=C/CC/C=C/C(O)C(COC1OC(CO)C(O)C(O)C1O)NC(=O)CCCCCCCCCCCCCCCCCCCCCCCCC. The van der Waals surface area contributed by atoms with E-state index in [0.29, 0.717) is 6.42 Å². The van der Waals surface area contributed by atoms with E-state index in [-0.39, 0.29) is 12.5 Å². The molecule has 0 spiro atoms. The Bertz CT molecular complexity index is 1020. The Morgan fingerprint density at radius 3 is 1.42 bits per heavy atom. The van der Waals surface area contributed by atoms with E-state index in [1.54, 1.807) is 6.08 Å². The van der Waals surface area contributed by atoms with Crippen LogP contribution in [-0.4, -0.2) is 87.5 Å². The minimum Gasteiger partial charge on any atom is -0.394 e. The number of amides is 1. The third-order valence-corrected chi connectivity index (χ3v) is 11.7. The lowest BCUT2D eigenvalue weighted by Crippen LogP contribution is -2.60. The van der Waals surface area contributed by atoms with Gasteiger partial charge in [0.05, 0.1) is 25.4 Å². The number of unbranched alkanes of at least 4 members (excludes halogenated alkanes) is 27. The maximum Gasteiger partial charge on any atom is 0.220 e. The first kappa shape index (κ1) is 55.4. The van der Waals surface area contributed by atoms with Crippen LogP contribution in [0.5, 0.6) is 0 Å². The fourth-order valence-corrected chi connectivity index (χ4v) is 7.72. The van der Waals surface area contributed by atoms with Crippen LogP contribution in [0.2, 0.25) is 0 Å². The number of ether oxygens (including phenoxy) is 2. The van der Waals surface area contributed by atoms with Crippen molar-refractivity contribution in [2.24, 2.45) is 0 Å². The van der Waals surface area contributed by atoms with Crippen molar-refractivity contribution in [3.05, 3.63) is 36.5 Å².